The number of hydrogen-bond acceptors (Lipinski definition) is 8. The summed E-state index contributed by atoms with van der Waals surface area (Å²) in [6.45, 7) is 0.788. The molecule has 0 saturated heterocycles. The van der Waals surface area contributed by atoms with E-state index < -0.39 is 0 Å². The Bertz CT molecular complexity index is 1130. The molecule has 0 bridgehead atoms. The molecule has 1 aromatic carbocycles. The van der Waals surface area contributed by atoms with Gasteiger partial charge in [-0.05, 0) is 76.2 Å². The van der Waals surface area contributed by atoms with Crippen LogP contribution in [0.5, 0.6) is 11.6 Å². The minimum absolute atomic E-state index is 0.210. The third-order valence-corrected chi connectivity index (χ3v) is 9.28. The lowest BCUT2D eigenvalue weighted by atomic mass is 9.79. The van der Waals surface area contributed by atoms with Crippen LogP contribution in [0.15, 0.2) is 44.4 Å². The Morgan fingerprint density at radius 2 is 2.09 bits per heavy atom. The van der Waals surface area contributed by atoms with Gasteiger partial charge in [-0.15, -0.1) is 0 Å². The van der Waals surface area contributed by atoms with Crippen molar-refractivity contribution in [1.82, 2.24) is 10.1 Å². The lowest BCUT2D eigenvalue weighted by Gasteiger charge is -2.27. The van der Waals surface area contributed by atoms with Gasteiger partial charge in [0.2, 0.25) is 5.88 Å². The normalized spacial score (nSPS) is 15.2. The summed E-state index contributed by atoms with van der Waals surface area (Å²) in [5.74, 6) is 3.95. The van der Waals surface area contributed by atoms with Crippen molar-refractivity contribution in [1.29, 1.82) is 0 Å². The Morgan fingerprint density at radius 1 is 1.25 bits per heavy atom. The van der Waals surface area contributed by atoms with Crippen LogP contribution < -0.4 is 13.8 Å². The standard InChI is InChI=1S/C22H21BrIN3O3S2/c1-28-17-5-8-25-21(29-2)19(17)32-27(9-10-31-24)20-15-12-22(6-7-22)16-4-3-13(23)11-14(16)18(15)30-26-20/h3-5,8,11H,6-7,9-10,12H2,1-2H3. The van der Waals surface area contributed by atoms with Crippen LogP contribution >= 0.6 is 58.0 Å². The zero-order chi connectivity index (χ0) is 22.3. The quantitative estimate of drug-likeness (QED) is 0.198. The number of ether oxygens (including phenoxy) is 2. The number of hydrogen-bond donors (Lipinski definition) is 0. The second-order valence-electron chi connectivity index (χ2n) is 7.82. The largest absolute Gasteiger partial charge is 0.495 e. The molecule has 0 unspecified atom stereocenters. The van der Waals surface area contributed by atoms with E-state index in [4.69, 9.17) is 14.0 Å². The smallest absolute Gasteiger partial charge is 0.232 e. The molecule has 0 amide bonds. The minimum atomic E-state index is 0.210. The molecule has 0 atom stereocenters. The number of fused-ring (bicyclic) bond motifs is 4. The predicted molar refractivity (Wildman–Crippen MR) is 141 cm³/mol. The molecule has 1 spiro atoms. The molecule has 1 saturated carbocycles. The number of pyridine rings is 1. The summed E-state index contributed by atoms with van der Waals surface area (Å²) in [4.78, 5) is 5.20. The number of methoxy groups -OCH3 is 2. The molecular formula is C22H21BrIN3O3S2. The fraction of sp³-hybridized carbons (Fsp3) is 0.364. The molecule has 10 heteroatoms. The summed E-state index contributed by atoms with van der Waals surface area (Å²) >= 11 is 7.50. The van der Waals surface area contributed by atoms with Crippen molar-refractivity contribution in [2.24, 2.45) is 0 Å². The van der Waals surface area contributed by atoms with Crippen LogP contribution in [-0.2, 0) is 11.8 Å². The van der Waals surface area contributed by atoms with Gasteiger partial charge in [-0.3, -0.25) is 4.31 Å². The maximum Gasteiger partial charge on any atom is 0.232 e. The highest BCUT2D eigenvalue weighted by Crippen LogP contribution is 2.59. The number of benzene rings is 1. The SMILES string of the molecule is COc1ccnc(OC)c1SN(CCSI)c1noc2c1CC1(CC1)c1ccc(Br)cc1-2. The van der Waals surface area contributed by atoms with Gasteiger partial charge in [-0.2, -0.15) is 0 Å². The van der Waals surface area contributed by atoms with E-state index in [0.29, 0.717) is 5.88 Å². The first-order valence-electron chi connectivity index (χ1n) is 10.1. The average molecular weight is 646 g/mol. The van der Waals surface area contributed by atoms with Gasteiger partial charge in [-0.25, -0.2) is 4.98 Å². The van der Waals surface area contributed by atoms with Crippen LogP contribution in [0.25, 0.3) is 11.3 Å². The molecule has 5 rings (SSSR count). The molecule has 2 aromatic heterocycles. The molecule has 2 heterocycles. The van der Waals surface area contributed by atoms with Gasteiger partial charge < -0.3 is 14.0 Å². The highest BCUT2D eigenvalue weighted by atomic mass is 127. The highest BCUT2D eigenvalue weighted by molar-refractivity contribution is 14.2. The summed E-state index contributed by atoms with van der Waals surface area (Å²) < 4.78 is 20.4. The summed E-state index contributed by atoms with van der Waals surface area (Å²) in [7, 11) is 5.06. The van der Waals surface area contributed by atoms with Crippen molar-refractivity contribution in [2.75, 3.05) is 30.8 Å². The lowest BCUT2D eigenvalue weighted by Crippen LogP contribution is -2.23. The van der Waals surface area contributed by atoms with Crippen LogP contribution in [-0.4, -0.2) is 36.7 Å². The van der Waals surface area contributed by atoms with Crippen molar-refractivity contribution >= 4 is 63.8 Å². The van der Waals surface area contributed by atoms with Crippen molar-refractivity contribution < 1.29 is 14.0 Å². The van der Waals surface area contributed by atoms with Crippen LogP contribution in [0.1, 0.15) is 24.0 Å². The van der Waals surface area contributed by atoms with E-state index in [2.05, 4.69) is 69.8 Å². The molecule has 0 N–H and O–H groups in total. The lowest BCUT2D eigenvalue weighted by molar-refractivity contribution is 0.364. The fourth-order valence-corrected chi connectivity index (χ4v) is 6.70. The molecule has 3 aromatic rings. The number of halogens is 2. The first kappa shape index (κ1) is 22.7. The Labute approximate surface area is 216 Å². The third-order valence-electron chi connectivity index (χ3n) is 5.99. The molecule has 6 nitrogen and oxygen atoms in total. The molecule has 2 aliphatic rings. The Kier molecular flexibility index (Phi) is 6.56. The van der Waals surface area contributed by atoms with Crippen LogP contribution in [0.2, 0.25) is 0 Å². The van der Waals surface area contributed by atoms with E-state index in [-0.39, 0.29) is 5.41 Å². The van der Waals surface area contributed by atoms with Gasteiger partial charge >= 0.3 is 0 Å². The first-order chi connectivity index (χ1) is 15.6. The monoisotopic (exact) mass is 645 g/mol. The third kappa shape index (κ3) is 4.01. The predicted octanol–water partition coefficient (Wildman–Crippen LogP) is 6.70. The second-order valence-corrected chi connectivity index (χ2v) is 12.3. The maximum absolute atomic E-state index is 5.99. The maximum atomic E-state index is 5.99. The van der Waals surface area contributed by atoms with Crippen LogP contribution in [0.4, 0.5) is 5.82 Å². The van der Waals surface area contributed by atoms with Crippen LogP contribution in [0.3, 0.4) is 0 Å². The zero-order valence-corrected chi connectivity index (χ0v) is 22.9. The Morgan fingerprint density at radius 3 is 2.81 bits per heavy atom. The van der Waals surface area contributed by atoms with E-state index >= 15 is 0 Å². The van der Waals surface area contributed by atoms with Gasteiger partial charge in [-0.1, -0.05) is 36.1 Å². The number of aromatic nitrogens is 2. The van der Waals surface area contributed by atoms with E-state index in [0.717, 1.165) is 51.0 Å². The topological polar surface area (TPSA) is 60.6 Å². The first-order valence-corrected chi connectivity index (χ1v) is 15.2. The van der Waals surface area contributed by atoms with E-state index in [1.54, 1.807) is 29.3 Å². The van der Waals surface area contributed by atoms with E-state index in [1.807, 2.05) is 6.07 Å². The van der Waals surface area contributed by atoms with Gasteiger partial charge in [0.25, 0.3) is 0 Å². The number of anilines is 1. The summed E-state index contributed by atoms with van der Waals surface area (Å²) in [5.41, 5.74) is 3.93. The Balaban J connectivity index is 1.58. The van der Waals surface area contributed by atoms with Crippen LogP contribution in [0, 0.1) is 0 Å². The molecule has 168 valence electrons. The zero-order valence-electron chi connectivity index (χ0n) is 17.6. The Hall–Kier alpha value is -1.11. The number of nitrogens with zero attached hydrogens (tertiary/aromatic N) is 3. The van der Waals surface area contributed by atoms with E-state index in [1.165, 1.54) is 35.9 Å². The summed E-state index contributed by atoms with van der Waals surface area (Å²) in [5, 5.41) is 4.58. The van der Waals surface area contributed by atoms with Gasteiger partial charge in [0.15, 0.2) is 11.6 Å². The van der Waals surface area contributed by atoms with Crippen molar-refractivity contribution in [2.45, 2.75) is 29.6 Å². The molecule has 0 radical (unpaired) electrons. The molecule has 32 heavy (non-hydrogen) atoms. The number of rotatable bonds is 8. The molecule has 0 aliphatic heterocycles. The van der Waals surface area contributed by atoms with Crippen molar-refractivity contribution in [3.63, 3.8) is 0 Å². The fourth-order valence-electron chi connectivity index (χ4n) is 4.29. The van der Waals surface area contributed by atoms with Gasteiger partial charge in [0.05, 0.1) is 14.2 Å². The summed E-state index contributed by atoms with van der Waals surface area (Å²) in [6, 6.07) is 8.37. The van der Waals surface area contributed by atoms with Crippen molar-refractivity contribution in [3.05, 3.63) is 46.1 Å². The molecule has 1 fully saturated rings. The average Bonchev–Trinajstić information content (AvgIpc) is 3.45. The van der Waals surface area contributed by atoms with Gasteiger partial charge in [0.1, 0.15) is 10.6 Å². The second kappa shape index (κ2) is 9.27. The molecule has 2 aliphatic carbocycles. The van der Waals surface area contributed by atoms with Crippen molar-refractivity contribution in [3.8, 4) is 23.0 Å². The minimum Gasteiger partial charge on any atom is -0.495 e. The summed E-state index contributed by atoms with van der Waals surface area (Å²) in [6.07, 6.45) is 5.04. The van der Waals surface area contributed by atoms with E-state index in [9.17, 15) is 0 Å². The van der Waals surface area contributed by atoms with Gasteiger partial charge in [0, 0.05) is 39.5 Å². The molecular weight excluding hydrogens is 625 g/mol. The highest BCUT2D eigenvalue weighted by Gasteiger charge is 2.50.